The highest BCUT2D eigenvalue weighted by Gasteiger charge is 2.27. The summed E-state index contributed by atoms with van der Waals surface area (Å²) in [6.07, 6.45) is 6.20. The molecule has 0 amide bonds. The molecule has 1 aliphatic heterocycles. The Morgan fingerprint density at radius 1 is 1.10 bits per heavy atom. The van der Waals surface area contributed by atoms with Gasteiger partial charge in [-0.05, 0) is 60.5 Å². The van der Waals surface area contributed by atoms with E-state index in [4.69, 9.17) is 4.74 Å². The Kier molecular flexibility index (Phi) is 4.74. The quantitative estimate of drug-likeness (QED) is 0.528. The molecule has 5 rings (SSSR count). The van der Waals surface area contributed by atoms with Crippen LogP contribution in [0, 0.1) is 0 Å². The maximum absolute atomic E-state index is 5.34. The average molecular weight is 384 g/mol. The largest absolute Gasteiger partial charge is 0.497 e. The molecule has 0 aliphatic carbocycles. The summed E-state index contributed by atoms with van der Waals surface area (Å²) in [5, 5.41) is 9.94. The summed E-state index contributed by atoms with van der Waals surface area (Å²) in [5.74, 6) is 0.877. The number of hydrogen-bond donors (Lipinski definition) is 1. The van der Waals surface area contributed by atoms with Gasteiger partial charge in [0.15, 0.2) is 0 Å². The molecule has 1 saturated heterocycles. The molecule has 1 aliphatic rings. The molecular formula is C24H24N4O. The lowest BCUT2D eigenvalue weighted by atomic mass is 10.0. The van der Waals surface area contributed by atoms with Gasteiger partial charge in [0.25, 0.3) is 0 Å². The Morgan fingerprint density at radius 2 is 2.00 bits per heavy atom. The number of nitrogens with zero attached hydrogens (tertiary/aromatic N) is 3. The number of benzene rings is 2. The van der Waals surface area contributed by atoms with Crippen LogP contribution in [0.2, 0.25) is 0 Å². The van der Waals surface area contributed by atoms with Gasteiger partial charge >= 0.3 is 0 Å². The minimum atomic E-state index is 0.378. The van der Waals surface area contributed by atoms with Crippen LogP contribution in [0.15, 0.2) is 67.0 Å². The van der Waals surface area contributed by atoms with Gasteiger partial charge in [0.05, 0.1) is 30.7 Å². The molecule has 0 spiro atoms. The van der Waals surface area contributed by atoms with Gasteiger partial charge in [0.2, 0.25) is 0 Å². The number of methoxy groups -OCH3 is 1. The van der Waals surface area contributed by atoms with Crippen molar-refractivity contribution in [1.29, 1.82) is 0 Å². The number of ether oxygens (including phenoxy) is 1. The topological polar surface area (TPSA) is 54.0 Å². The van der Waals surface area contributed by atoms with E-state index in [1.807, 2.05) is 24.5 Å². The normalized spacial score (nSPS) is 17.1. The molecule has 0 saturated carbocycles. The summed E-state index contributed by atoms with van der Waals surface area (Å²) in [5.41, 5.74) is 4.63. The van der Waals surface area contributed by atoms with Crippen LogP contribution in [0.1, 0.15) is 30.1 Å². The zero-order chi connectivity index (χ0) is 19.6. The zero-order valence-corrected chi connectivity index (χ0v) is 16.5. The Hall–Kier alpha value is -3.18. The number of fused-ring (bicyclic) bond motifs is 1. The first-order valence-electron chi connectivity index (χ1n) is 10.1. The molecule has 5 heteroatoms. The minimum absolute atomic E-state index is 0.378. The van der Waals surface area contributed by atoms with Gasteiger partial charge in [-0.3, -0.25) is 15.0 Å². The number of pyridine rings is 1. The van der Waals surface area contributed by atoms with Gasteiger partial charge in [-0.1, -0.05) is 24.3 Å². The van der Waals surface area contributed by atoms with Gasteiger partial charge in [-0.15, -0.1) is 0 Å². The highest BCUT2D eigenvalue weighted by Crippen LogP contribution is 2.34. The van der Waals surface area contributed by atoms with Gasteiger partial charge in [-0.25, -0.2) is 0 Å². The van der Waals surface area contributed by atoms with Crippen LogP contribution < -0.4 is 4.74 Å². The van der Waals surface area contributed by atoms with Crippen molar-refractivity contribution in [2.75, 3.05) is 13.7 Å². The SMILES string of the molecule is COc1ccc2cc(-c3[nH]ncc3CN3CCCC3c3ccccn3)ccc2c1. The summed E-state index contributed by atoms with van der Waals surface area (Å²) in [6, 6.07) is 19.2. The second-order valence-electron chi connectivity index (χ2n) is 7.58. The van der Waals surface area contributed by atoms with Crippen molar-refractivity contribution in [3.05, 3.63) is 78.2 Å². The third-order valence-corrected chi connectivity index (χ3v) is 5.82. The number of hydrogen-bond acceptors (Lipinski definition) is 4. The third kappa shape index (κ3) is 3.49. The molecule has 29 heavy (non-hydrogen) atoms. The fraction of sp³-hybridized carbons (Fsp3) is 0.250. The summed E-state index contributed by atoms with van der Waals surface area (Å²) in [7, 11) is 1.70. The molecule has 1 N–H and O–H groups in total. The van der Waals surface area contributed by atoms with Gasteiger partial charge in [0.1, 0.15) is 5.75 Å². The van der Waals surface area contributed by atoms with E-state index in [0.717, 1.165) is 42.2 Å². The van der Waals surface area contributed by atoms with Gasteiger partial charge in [0, 0.05) is 23.9 Å². The zero-order valence-electron chi connectivity index (χ0n) is 16.5. The molecule has 5 nitrogen and oxygen atoms in total. The summed E-state index contributed by atoms with van der Waals surface area (Å²) in [6.45, 7) is 1.96. The van der Waals surface area contributed by atoms with Crippen molar-refractivity contribution in [1.82, 2.24) is 20.1 Å². The number of H-pyrrole nitrogens is 1. The van der Waals surface area contributed by atoms with Crippen LogP contribution in [-0.2, 0) is 6.54 Å². The maximum Gasteiger partial charge on any atom is 0.119 e. The van der Waals surface area contributed by atoms with Crippen molar-refractivity contribution >= 4 is 10.8 Å². The van der Waals surface area contributed by atoms with Crippen LogP contribution >= 0.6 is 0 Å². The van der Waals surface area contributed by atoms with E-state index in [-0.39, 0.29) is 0 Å². The first kappa shape index (κ1) is 17.9. The number of aromatic amines is 1. The Balaban J connectivity index is 1.43. The molecule has 0 bridgehead atoms. The van der Waals surface area contributed by atoms with Crippen molar-refractivity contribution in [2.45, 2.75) is 25.4 Å². The first-order chi connectivity index (χ1) is 14.3. The second kappa shape index (κ2) is 7.68. The van der Waals surface area contributed by atoms with Crippen molar-refractivity contribution in [3.8, 4) is 17.0 Å². The first-order valence-corrected chi connectivity index (χ1v) is 10.1. The fourth-order valence-electron chi connectivity index (χ4n) is 4.33. The monoisotopic (exact) mass is 384 g/mol. The van der Waals surface area contributed by atoms with E-state index in [0.29, 0.717) is 6.04 Å². The molecule has 2 aromatic carbocycles. The molecule has 1 fully saturated rings. The number of likely N-dealkylation sites (tertiary alicyclic amines) is 1. The van der Waals surface area contributed by atoms with Gasteiger partial charge < -0.3 is 4.74 Å². The van der Waals surface area contributed by atoms with Crippen LogP contribution in [0.25, 0.3) is 22.0 Å². The number of aromatic nitrogens is 3. The van der Waals surface area contributed by atoms with Crippen LogP contribution in [0.3, 0.4) is 0 Å². The maximum atomic E-state index is 5.34. The lowest BCUT2D eigenvalue weighted by Crippen LogP contribution is -2.23. The van der Waals surface area contributed by atoms with E-state index in [1.165, 1.54) is 22.8 Å². The van der Waals surface area contributed by atoms with Crippen molar-refractivity contribution in [3.63, 3.8) is 0 Å². The lowest BCUT2D eigenvalue weighted by Gasteiger charge is -2.24. The molecule has 3 heterocycles. The predicted molar refractivity (Wildman–Crippen MR) is 115 cm³/mol. The molecule has 146 valence electrons. The highest BCUT2D eigenvalue weighted by molar-refractivity contribution is 5.88. The van der Waals surface area contributed by atoms with Crippen LogP contribution in [-0.4, -0.2) is 33.7 Å². The van der Waals surface area contributed by atoms with Gasteiger partial charge in [-0.2, -0.15) is 5.10 Å². The Labute approximate surface area is 170 Å². The summed E-state index contributed by atoms with van der Waals surface area (Å²) >= 11 is 0. The van der Waals surface area contributed by atoms with Crippen molar-refractivity contribution in [2.24, 2.45) is 0 Å². The Morgan fingerprint density at radius 3 is 2.86 bits per heavy atom. The molecule has 1 unspecified atom stereocenters. The number of rotatable bonds is 5. The molecule has 4 aromatic rings. The highest BCUT2D eigenvalue weighted by atomic mass is 16.5. The smallest absolute Gasteiger partial charge is 0.119 e. The fourth-order valence-corrected chi connectivity index (χ4v) is 4.33. The standard InChI is InChI=1S/C24H24N4O/c1-29-21-10-9-17-13-19(8-7-18(17)14-21)24-20(15-26-27-24)16-28-12-4-6-23(28)22-5-2-3-11-25-22/h2-3,5,7-11,13-15,23H,4,6,12,16H2,1H3,(H,26,27). The van der Waals surface area contributed by atoms with E-state index in [2.05, 4.69) is 62.5 Å². The Bertz CT molecular complexity index is 1120. The lowest BCUT2D eigenvalue weighted by molar-refractivity contribution is 0.245. The second-order valence-corrected chi connectivity index (χ2v) is 7.58. The van der Waals surface area contributed by atoms with E-state index >= 15 is 0 Å². The summed E-state index contributed by atoms with van der Waals surface area (Å²) < 4.78 is 5.34. The molecule has 1 atom stereocenters. The predicted octanol–water partition coefficient (Wildman–Crippen LogP) is 4.97. The molecule has 2 aromatic heterocycles. The van der Waals surface area contributed by atoms with E-state index in [9.17, 15) is 0 Å². The molecule has 0 radical (unpaired) electrons. The van der Waals surface area contributed by atoms with Crippen LogP contribution in [0.5, 0.6) is 5.75 Å². The summed E-state index contributed by atoms with van der Waals surface area (Å²) in [4.78, 5) is 7.11. The van der Waals surface area contributed by atoms with Crippen LogP contribution in [0.4, 0.5) is 0 Å². The van der Waals surface area contributed by atoms with Crippen molar-refractivity contribution < 1.29 is 4.74 Å². The minimum Gasteiger partial charge on any atom is -0.497 e. The average Bonchev–Trinajstić information content (AvgIpc) is 3.43. The van der Waals surface area contributed by atoms with E-state index < -0.39 is 0 Å². The third-order valence-electron chi connectivity index (χ3n) is 5.82. The number of nitrogens with one attached hydrogen (secondary N) is 1. The van der Waals surface area contributed by atoms with E-state index in [1.54, 1.807) is 7.11 Å². The molecular weight excluding hydrogens is 360 g/mol.